The summed E-state index contributed by atoms with van der Waals surface area (Å²) in [4.78, 5) is 14.5. The zero-order valence-corrected chi connectivity index (χ0v) is 13.6. The average Bonchev–Trinajstić information content (AvgIpc) is 3.06. The molecule has 1 saturated carbocycles. The van der Waals surface area contributed by atoms with Crippen LogP contribution in [0.15, 0.2) is 18.2 Å². The van der Waals surface area contributed by atoms with Crippen LogP contribution >= 0.6 is 11.6 Å². The van der Waals surface area contributed by atoms with Crippen molar-refractivity contribution in [1.82, 2.24) is 4.90 Å². The van der Waals surface area contributed by atoms with Crippen molar-refractivity contribution >= 4 is 17.5 Å². The lowest BCUT2D eigenvalue weighted by molar-refractivity contribution is 0.0386. The Morgan fingerprint density at radius 3 is 2.91 bits per heavy atom. The van der Waals surface area contributed by atoms with Crippen LogP contribution in [-0.4, -0.2) is 40.7 Å². The number of carbonyl (C=O) groups is 1. The maximum absolute atomic E-state index is 12.7. The first-order valence-corrected chi connectivity index (χ1v) is 8.38. The second kappa shape index (κ2) is 6.09. The van der Waals surface area contributed by atoms with Crippen LogP contribution in [0.5, 0.6) is 5.75 Å². The van der Waals surface area contributed by atoms with Gasteiger partial charge in [-0.2, -0.15) is 0 Å². The van der Waals surface area contributed by atoms with E-state index in [9.17, 15) is 9.90 Å². The van der Waals surface area contributed by atoms with Crippen molar-refractivity contribution in [3.05, 3.63) is 28.8 Å². The molecule has 1 amide bonds. The second-order valence-electron chi connectivity index (χ2n) is 6.25. The molecule has 0 aromatic heterocycles. The zero-order chi connectivity index (χ0) is 15.7. The summed E-state index contributed by atoms with van der Waals surface area (Å²) in [6.45, 7) is 3.34. The number of amides is 1. The molecule has 0 radical (unpaired) electrons. The highest BCUT2D eigenvalue weighted by Gasteiger charge is 2.52. The lowest BCUT2D eigenvalue weighted by Crippen LogP contribution is -2.44. The minimum Gasteiger partial charge on any atom is -0.492 e. The highest BCUT2D eigenvalue weighted by molar-refractivity contribution is 6.32. The van der Waals surface area contributed by atoms with Crippen molar-refractivity contribution in [2.75, 3.05) is 13.2 Å². The molecule has 1 N–H and O–H groups in total. The summed E-state index contributed by atoms with van der Waals surface area (Å²) < 4.78 is 5.53. The zero-order valence-electron chi connectivity index (χ0n) is 12.8. The number of aliphatic hydroxyl groups is 1. The number of ether oxygens (including phenoxy) is 1. The van der Waals surface area contributed by atoms with Gasteiger partial charge in [-0.3, -0.25) is 4.79 Å². The SMILES string of the molecule is CCCOc1ccc(C(=O)N2CCCC2C2(O)CC2)cc1Cl. The lowest BCUT2D eigenvalue weighted by Gasteiger charge is -2.29. The standard InChI is InChI=1S/C17H22ClNO3/c1-2-10-22-14-6-5-12(11-13(14)18)16(20)19-9-3-4-15(19)17(21)7-8-17/h5-6,11,15,21H,2-4,7-10H2,1H3. The van der Waals surface area contributed by atoms with E-state index in [1.165, 1.54) is 0 Å². The van der Waals surface area contributed by atoms with E-state index in [1.54, 1.807) is 18.2 Å². The summed E-state index contributed by atoms with van der Waals surface area (Å²) in [6.07, 6.45) is 4.33. The number of benzene rings is 1. The minimum atomic E-state index is -0.653. The van der Waals surface area contributed by atoms with Crippen LogP contribution in [0.2, 0.25) is 5.02 Å². The highest BCUT2D eigenvalue weighted by Crippen LogP contribution is 2.45. The first-order chi connectivity index (χ1) is 10.5. The van der Waals surface area contributed by atoms with Gasteiger partial charge in [0.2, 0.25) is 0 Å². The highest BCUT2D eigenvalue weighted by atomic mass is 35.5. The van der Waals surface area contributed by atoms with E-state index in [2.05, 4.69) is 0 Å². The van der Waals surface area contributed by atoms with Crippen LogP contribution in [0.3, 0.4) is 0 Å². The van der Waals surface area contributed by atoms with Gasteiger partial charge in [-0.15, -0.1) is 0 Å². The van der Waals surface area contributed by atoms with Crippen molar-refractivity contribution in [2.45, 2.75) is 50.7 Å². The lowest BCUT2D eigenvalue weighted by atomic mass is 10.1. The summed E-state index contributed by atoms with van der Waals surface area (Å²) in [7, 11) is 0. The fraction of sp³-hybridized carbons (Fsp3) is 0.588. The van der Waals surface area contributed by atoms with Gasteiger partial charge >= 0.3 is 0 Å². The molecular weight excluding hydrogens is 302 g/mol. The molecule has 0 spiro atoms. The Balaban J connectivity index is 1.75. The Morgan fingerprint density at radius 1 is 1.50 bits per heavy atom. The van der Waals surface area contributed by atoms with Crippen molar-refractivity contribution in [3.8, 4) is 5.75 Å². The van der Waals surface area contributed by atoms with Crippen LogP contribution in [0, 0.1) is 0 Å². The number of nitrogens with zero attached hydrogens (tertiary/aromatic N) is 1. The number of likely N-dealkylation sites (tertiary alicyclic amines) is 1. The van der Waals surface area contributed by atoms with Gasteiger partial charge in [-0.05, 0) is 50.3 Å². The Morgan fingerprint density at radius 2 is 2.27 bits per heavy atom. The van der Waals surface area contributed by atoms with Gasteiger partial charge in [-0.25, -0.2) is 0 Å². The minimum absolute atomic E-state index is 0.0465. The molecular formula is C17H22ClNO3. The number of carbonyl (C=O) groups excluding carboxylic acids is 1. The molecule has 5 heteroatoms. The van der Waals surface area contributed by atoms with Gasteiger partial charge in [0.15, 0.2) is 0 Å². The molecule has 1 saturated heterocycles. The topological polar surface area (TPSA) is 49.8 Å². The van der Waals surface area contributed by atoms with Crippen molar-refractivity contribution in [3.63, 3.8) is 0 Å². The van der Waals surface area contributed by atoms with E-state index in [1.807, 2.05) is 11.8 Å². The quantitative estimate of drug-likeness (QED) is 0.905. The molecule has 1 aliphatic carbocycles. The third kappa shape index (κ3) is 2.95. The number of hydrogen-bond acceptors (Lipinski definition) is 3. The molecule has 2 aliphatic rings. The Bertz CT molecular complexity index is 571. The average molecular weight is 324 g/mol. The predicted molar refractivity (Wildman–Crippen MR) is 85.5 cm³/mol. The molecule has 2 fully saturated rings. The van der Waals surface area contributed by atoms with Gasteiger partial charge in [0.05, 0.1) is 23.3 Å². The summed E-state index contributed by atoms with van der Waals surface area (Å²) in [5, 5.41) is 10.8. The molecule has 1 unspecified atom stereocenters. The molecule has 1 atom stereocenters. The summed E-state index contributed by atoms with van der Waals surface area (Å²) >= 11 is 6.21. The largest absolute Gasteiger partial charge is 0.492 e. The first-order valence-electron chi connectivity index (χ1n) is 8.01. The molecule has 4 nitrogen and oxygen atoms in total. The third-order valence-electron chi connectivity index (χ3n) is 4.54. The number of rotatable bonds is 5. The fourth-order valence-corrected chi connectivity index (χ4v) is 3.39. The normalized spacial score (nSPS) is 22.7. The molecule has 1 aromatic rings. The Kier molecular flexibility index (Phi) is 4.33. The summed E-state index contributed by atoms with van der Waals surface area (Å²) in [5.41, 5.74) is -0.0925. The summed E-state index contributed by atoms with van der Waals surface area (Å²) in [6, 6.07) is 5.13. The number of halogens is 1. The van der Waals surface area contributed by atoms with Crippen LogP contribution in [0.1, 0.15) is 49.4 Å². The molecule has 3 rings (SSSR count). The Labute approximate surface area is 136 Å². The van der Waals surface area contributed by atoms with Gasteiger partial charge < -0.3 is 14.7 Å². The first kappa shape index (κ1) is 15.6. The van der Waals surface area contributed by atoms with Crippen LogP contribution in [0.25, 0.3) is 0 Å². The fourth-order valence-electron chi connectivity index (χ4n) is 3.16. The van der Waals surface area contributed by atoms with Crippen LogP contribution < -0.4 is 4.74 Å². The summed E-state index contributed by atoms with van der Waals surface area (Å²) in [5.74, 6) is 0.561. The van der Waals surface area contributed by atoms with Gasteiger partial charge in [0, 0.05) is 12.1 Å². The molecule has 1 heterocycles. The van der Waals surface area contributed by atoms with Crippen molar-refractivity contribution in [2.24, 2.45) is 0 Å². The Hall–Kier alpha value is -1.26. The maximum atomic E-state index is 12.7. The van der Waals surface area contributed by atoms with Crippen LogP contribution in [0.4, 0.5) is 0 Å². The molecule has 0 bridgehead atoms. The van der Waals surface area contributed by atoms with Gasteiger partial charge in [-0.1, -0.05) is 18.5 Å². The van der Waals surface area contributed by atoms with Crippen LogP contribution in [-0.2, 0) is 0 Å². The van der Waals surface area contributed by atoms with E-state index in [-0.39, 0.29) is 11.9 Å². The maximum Gasteiger partial charge on any atom is 0.254 e. The number of hydrogen-bond donors (Lipinski definition) is 1. The van der Waals surface area contributed by atoms with E-state index >= 15 is 0 Å². The van der Waals surface area contributed by atoms with E-state index < -0.39 is 5.60 Å². The monoisotopic (exact) mass is 323 g/mol. The molecule has 22 heavy (non-hydrogen) atoms. The third-order valence-corrected chi connectivity index (χ3v) is 4.83. The smallest absolute Gasteiger partial charge is 0.254 e. The molecule has 1 aromatic carbocycles. The van der Waals surface area contributed by atoms with Gasteiger partial charge in [0.1, 0.15) is 5.75 Å². The van der Waals surface area contributed by atoms with E-state index in [0.29, 0.717) is 29.5 Å². The van der Waals surface area contributed by atoms with Crippen molar-refractivity contribution in [1.29, 1.82) is 0 Å². The van der Waals surface area contributed by atoms with Crippen molar-refractivity contribution < 1.29 is 14.6 Å². The molecule has 120 valence electrons. The molecule has 1 aliphatic heterocycles. The predicted octanol–water partition coefficient (Wildman–Crippen LogP) is 3.26. The second-order valence-corrected chi connectivity index (χ2v) is 6.66. The van der Waals surface area contributed by atoms with E-state index in [0.717, 1.165) is 32.1 Å². The van der Waals surface area contributed by atoms with Gasteiger partial charge in [0.25, 0.3) is 5.91 Å². The van der Waals surface area contributed by atoms with E-state index in [4.69, 9.17) is 16.3 Å².